The molecule has 1 aliphatic heterocycles. The van der Waals surface area contributed by atoms with Crippen molar-refractivity contribution in [1.82, 2.24) is 5.32 Å². The zero-order chi connectivity index (χ0) is 12.4. The maximum absolute atomic E-state index is 14.0. The Morgan fingerprint density at radius 1 is 1.47 bits per heavy atom. The summed E-state index contributed by atoms with van der Waals surface area (Å²) in [6, 6.07) is 3.88. The highest BCUT2D eigenvalue weighted by molar-refractivity contribution is 7.99. The molecule has 0 aliphatic carbocycles. The molecule has 1 aromatic rings. The van der Waals surface area contributed by atoms with Gasteiger partial charge in [0.25, 0.3) is 0 Å². The highest BCUT2D eigenvalue weighted by atomic mass is 35.5. The van der Waals surface area contributed by atoms with Gasteiger partial charge in [0.15, 0.2) is 0 Å². The number of benzene rings is 1. The molecule has 1 aromatic carbocycles. The van der Waals surface area contributed by atoms with Crippen LogP contribution in [0.4, 0.5) is 4.39 Å². The maximum Gasteiger partial charge on any atom is 0.146 e. The van der Waals surface area contributed by atoms with Gasteiger partial charge in [-0.25, -0.2) is 4.39 Å². The fraction of sp³-hybridized carbons (Fsp3) is 0.538. The molecule has 94 valence electrons. The second-order valence-electron chi connectivity index (χ2n) is 4.22. The standard InChI is InChI=1S/C13H17ClFNS/c1-3-11-13(16-4-2)8-5-6-10(14)12(15)9(8)7-17-11/h5-6,11,13,16H,3-4,7H2,1-2H3. The van der Waals surface area contributed by atoms with Crippen molar-refractivity contribution in [3.8, 4) is 0 Å². The molecule has 0 radical (unpaired) electrons. The lowest BCUT2D eigenvalue weighted by Crippen LogP contribution is -2.33. The molecule has 0 bridgehead atoms. The van der Waals surface area contributed by atoms with Crippen LogP contribution >= 0.6 is 23.4 Å². The van der Waals surface area contributed by atoms with Crippen molar-refractivity contribution in [2.75, 3.05) is 6.54 Å². The molecule has 0 spiro atoms. The van der Waals surface area contributed by atoms with Gasteiger partial charge in [0.1, 0.15) is 5.82 Å². The maximum atomic E-state index is 14.0. The van der Waals surface area contributed by atoms with E-state index in [1.165, 1.54) is 0 Å². The van der Waals surface area contributed by atoms with Gasteiger partial charge in [-0.3, -0.25) is 0 Å². The molecule has 1 aliphatic rings. The van der Waals surface area contributed by atoms with Crippen LogP contribution in [-0.2, 0) is 5.75 Å². The van der Waals surface area contributed by atoms with Gasteiger partial charge in [-0.15, -0.1) is 0 Å². The van der Waals surface area contributed by atoms with Crippen molar-refractivity contribution in [3.63, 3.8) is 0 Å². The summed E-state index contributed by atoms with van der Waals surface area (Å²) in [4.78, 5) is 0. The van der Waals surface area contributed by atoms with Gasteiger partial charge in [0.2, 0.25) is 0 Å². The first-order chi connectivity index (χ1) is 8.19. The van der Waals surface area contributed by atoms with Crippen molar-refractivity contribution >= 4 is 23.4 Å². The average molecular weight is 274 g/mol. The van der Waals surface area contributed by atoms with Gasteiger partial charge in [0.05, 0.1) is 5.02 Å². The molecule has 2 rings (SSSR count). The summed E-state index contributed by atoms with van der Waals surface area (Å²) in [6.07, 6.45) is 1.09. The predicted octanol–water partition coefficient (Wildman–Crippen LogP) is 4.16. The first-order valence-corrected chi connectivity index (χ1v) is 7.43. The second-order valence-corrected chi connectivity index (χ2v) is 5.86. The summed E-state index contributed by atoms with van der Waals surface area (Å²) >= 11 is 7.65. The molecule has 1 nitrogen and oxygen atoms in total. The molecule has 1 N–H and O–H groups in total. The van der Waals surface area contributed by atoms with Gasteiger partial charge >= 0.3 is 0 Å². The molecular formula is C13H17ClFNS. The van der Waals surface area contributed by atoms with Gasteiger partial charge in [0, 0.05) is 22.6 Å². The zero-order valence-corrected chi connectivity index (χ0v) is 11.7. The Morgan fingerprint density at radius 2 is 2.24 bits per heavy atom. The summed E-state index contributed by atoms with van der Waals surface area (Å²) < 4.78 is 14.0. The number of thioether (sulfide) groups is 1. The van der Waals surface area contributed by atoms with Crippen LogP contribution in [0.15, 0.2) is 12.1 Å². The van der Waals surface area contributed by atoms with Crippen LogP contribution in [0.25, 0.3) is 0 Å². The van der Waals surface area contributed by atoms with E-state index in [2.05, 4.69) is 19.2 Å². The summed E-state index contributed by atoms with van der Waals surface area (Å²) in [5.74, 6) is 0.483. The molecule has 4 heteroatoms. The van der Waals surface area contributed by atoms with Gasteiger partial charge in [-0.1, -0.05) is 31.5 Å². The molecule has 0 aromatic heterocycles. The molecule has 0 saturated heterocycles. The zero-order valence-electron chi connectivity index (χ0n) is 10.1. The Morgan fingerprint density at radius 3 is 2.88 bits per heavy atom. The van der Waals surface area contributed by atoms with Crippen molar-refractivity contribution in [3.05, 3.63) is 34.1 Å². The van der Waals surface area contributed by atoms with Crippen molar-refractivity contribution in [2.45, 2.75) is 37.3 Å². The number of fused-ring (bicyclic) bond motifs is 1. The van der Waals surface area contributed by atoms with E-state index in [-0.39, 0.29) is 16.9 Å². The third-order valence-electron chi connectivity index (χ3n) is 3.21. The monoisotopic (exact) mass is 273 g/mol. The van der Waals surface area contributed by atoms with Crippen LogP contribution < -0.4 is 5.32 Å². The average Bonchev–Trinajstić information content (AvgIpc) is 2.34. The minimum absolute atomic E-state index is 0.231. The van der Waals surface area contributed by atoms with E-state index < -0.39 is 0 Å². The van der Waals surface area contributed by atoms with E-state index in [1.807, 2.05) is 17.8 Å². The Kier molecular flexibility index (Phi) is 4.34. The smallest absolute Gasteiger partial charge is 0.146 e. The minimum Gasteiger partial charge on any atom is -0.309 e. The van der Waals surface area contributed by atoms with E-state index in [1.54, 1.807) is 6.07 Å². The Hall–Kier alpha value is -0.250. The van der Waals surface area contributed by atoms with Crippen molar-refractivity contribution in [1.29, 1.82) is 0 Å². The van der Waals surface area contributed by atoms with E-state index in [0.29, 0.717) is 5.25 Å². The van der Waals surface area contributed by atoms with Crippen molar-refractivity contribution < 1.29 is 4.39 Å². The lowest BCUT2D eigenvalue weighted by atomic mass is 9.96. The summed E-state index contributed by atoms with van der Waals surface area (Å²) in [5, 5.41) is 4.21. The van der Waals surface area contributed by atoms with E-state index in [9.17, 15) is 4.39 Å². The molecule has 0 amide bonds. The third kappa shape index (κ3) is 2.47. The SMILES string of the molecule is CCNC1c2ccc(Cl)c(F)c2CSC1CC. The minimum atomic E-state index is -0.242. The van der Waals surface area contributed by atoms with Crippen LogP contribution in [0.5, 0.6) is 0 Å². The van der Waals surface area contributed by atoms with Gasteiger partial charge < -0.3 is 5.32 Å². The van der Waals surface area contributed by atoms with Crippen LogP contribution in [0.2, 0.25) is 5.02 Å². The first-order valence-electron chi connectivity index (χ1n) is 6.00. The number of hydrogen-bond acceptors (Lipinski definition) is 2. The normalized spacial score (nSPS) is 23.5. The molecule has 1 heterocycles. The second kappa shape index (κ2) is 5.59. The third-order valence-corrected chi connectivity index (χ3v) is 4.99. The van der Waals surface area contributed by atoms with Gasteiger partial charge in [-0.2, -0.15) is 11.8 Å². The number of nitrogens with one attached hydrogen (secondary N) is 1. The summed E-state index contributed by atoms with van der Waals surface area (Å²) in [6.45, 7) is 5.16. The number of halogens is 2. The Bertz CT molecular complexity index is 411. The quantitative estimate of drug-likeness (QED) is 0.888. The first kappa shape index (κ1) is 13.2. The lowest BCUT2D eigenvalue weighted by molar-refractivity contribution is 0.505. The van der Waals surface area contributed by atoms with E-state index in [4.69, 9.17) is 11.6 Å². The van der Waals surface area contributed by atoms with Crippen molar-refractivity contribution in [2.24, 2.45) is 0 Å². The molecule has 17 heavy (non-hydrogen) atoms. The highest BCUT2D eigenvalue weighted by Crippen LogP contribution is 2.41. The highest BCUT2D eigenvalue weighted by Gasteiger charge is 2.30. The van der Waals surface area contributed by atoms with E-state index in [0.717, 1.165) is 29.8 Å². The fourth-order valence-corrected chi connectivity index (χ4v) is 3.87. The Balaban J connectivity index is 2.42. The molecule has 2 unspecified atom stereocenters. The van der Waals surface area contributed by atoms with Crippen LogP contribution in [0.3, 0.4) is 0 Å². The van der Waals surface area contributed by atoms with E-state index >= 15 is 0 Å². The lowest BCUT2D eigenvalue weighted by Gasteiger charge is -2.33. The fourth-order valence-electron chi connectivity index (χ4n) is 2.35. The molecule has 0 saturated carbocycles. The Labute approximate surface area is 111 Å². The summed E-state index contributed by atoms with van der Waals surface area (Å²) in [7, 11) is 0. The van der Waals surface area contributed by atoms with Crippen LogP contribution in [0.1, 0.15) is 37.4 Å². The summed E-state index contributed by atoms with van der Waals surface area (Å²) in [5.41, 5.74) is 1.86. The topological polar surface area (TPSA) is 12.0 Å². The molecule has 0 fully saturated rings. The number of rotatable bonds is 3. The predicted molar refractivity (Wildman–Crippen MR) is 73.2 cm³/mol. The van der Waals surface area contributed by atoms with Gasteiger partial charge in [-0.05, 0) is 24.6 Å². The van der Waals surface area contributed by atoms with Crippen LogP contribution in [-0.4, -0.2) is 11.8 Å². The largest absolute Gasteiger partial charge is 0.309 e. The molecule has 2 atom stereocenters. The number of hydrogen-bond donors (Lipinski definition) is 1. The molecular weight excluding hydrogens is 257 g/mol. The van der Waals surface area contributed by atoms with Crippen LogP contribution in [0, 0.1) is 5.82 Å².